The second-order valence-electron chi connectivity index (χ2n) is 4.07. The van der Waals surface area contributed by atoms with Crippen molar-refractivity contribution in [1.29, 1.82) is 0 Å². The number of esters is 1. The summed E-state index contributed by atoms with van der Waals surface area (Å²) in [5, 5.41) is 9.35. The molecule has 1 aromatic carbocycles. The molecule has 0 bridgehead atoms. The Hall–Kier alpha value is -1.73. The van der Waals surface area contributed by atoms with Crippen LogP contribution in [-0.2, 0) is 23.2 Å². The number of carbonyl (C=O) groups is 1. The van der Waals surface area contributed by atoms with E-state index < -0.39 is 0 Å². The smallest absolute Gasteiger partial charge is 0.316 e. The molecule has 6 nitrogen and oxygen atoms in total. The molecule has 0 saturated carbocycles. The zero-order valence-corrected chi connectivity index (χ0v) is 13.1. The number of thioether (sulfide) groups is 1. The highest BCUT2D eigenvalue weighted by molar-refractivity contribution is 7.99. The lowest BCUT2D eigenvalue weighted by Crippen LogP contribution is -2.06. The number of halogens is 1. The molecule has 21 heavy (non-hydrogen) atoms. The van der Waals surface area contributed by atoms with Crippen LogP contribution in [-0.4, -0.2) is 33.6 Å². The molecule has 0 radical (unpaired) electrons. The van der Waals surface area contributed by atoms with Gasteiger partial charge in [-0.1, -0.05) is 23.4 Å². The van der Waals surface area contributed by atoms with E-state index in [9.17, 15) is 4.79 Å². The molecular weight excluding hydrogens is 314 g/mol. The van der Waals surface area contributed by atoms with Crippen molar-refractivity contribution in [2.45, 2.75) is 11.8 Å². The van der Waals surface area contributed by atoms with E-state index in [4.69, 9.17) is 16.3 Å². The molecule has 2 aromatic rings. The topological polar surface area (TPSA) is 66.2 Å². The Balaban J connectivity index is 1.93. The number of carbonyl (C=O) groups excluding carboxylic acids is 1. The molecule has 0 aliphatic carbocycles. The molecule has 1 heterocycles. The van der Waals surface area contributed by atoms with Crippen LogP contribution in [0.2, 0.25) is 5.02 Å². The lowest BCUT2D eigenvalue weighted by Gasteiger charge is -2.06. The van der Waals surface area contributed by atoms with E-state index in [1.807, 2.05) is 7.05 Å². The van der Waals surface area contributed by atoms with Gasteiger partial charge < -0.3 is 14.0 Å². The second-order valence-corrected chi connectivity index (χ2v) is 5.44. The van der Waals surface area contributed by atoms with Gasteiger partial charge in [0.05, 0.1) is 12.9 Å². The molecule has 0 unspecified atom stereocenters. The van der Waals surface area contributed by atoms with Gasteiger partial charge in [0, 0.05) is 12.1 Å². The van der Waals surface area contributed by atoms with E-state index in [0.717, 1.165) is 0 Å². The Morgan fingerprint density at radius 2 is 2.05 bits per heavy atom. The first kappa shape index (κ1) is 15.7. The minimum Gasteiger partial charge on any atom is -0.486 e. The molecule has 2 rings (SSSR count). The lowest BCUT2D eigenvalue weighted by atomic mass is 10.3. The van der Waals surface area contributed by atoms with E-state index in [2.05, 4.69) is 14.9 Å². The average molecular weight is 328 g/mol. The van der Waals surface area contributed by atoms with Crippen LogP contribution in [0.4, 0.5) is 0 Å². The number of methoxy groups -OCH3 is 1. The van der Waals surface area contributed by atoms with Crippen molar-refractivity contribution in [2.24, 2.45) is 7.05 Å². The Morgan fingerprint density at radius 1 is 1.33 bits per heavy atom. The normalized spacial score (nSPS) is 10.4. The molecular formula is C13H14ClN3O3S. The molecule has 1 aromatic heterocycles. The number of hydrogen-bond donors (Lipinski definition) is 0. The molecule has 8 heteroatoms. The van der Waals surface area contributed by atoms with Crippen LogP contribution in [0.15, 0.2) is 29.4 Å². The third-order valence-electron chi connectivity index (χ3n) is 2.65. The molecule has 0 aliphatic rings. The maximum atomic E-state index is 11.1. The summed E-state index contributed by atoms with van der Waals surface area (Å²) in [7, 11) is 3.17. The van der Waals surface area contributed by atoms with Crippen LogP contribution in [0.5, 0.6) is 5.75 Å². The largest absolute Gasteiger partial charge is 0.486 e. The summed E-state index contributed by atoms with van der Waals surface area (Å²) in [5.74, 6) is 1.26. The standard InChI is InChI=1S/C13H14ClN3O3S/c1-17-11(7-20-10-5-3-9(14)4-6-10)15-16-13(17)21-8-12(18)19-2/h3-6H,7-8H2,1-2H3. The Kier molecular flexibility index (Phi) is 5.46. The summed E-state index contributed by atoms with van der Waals surface area (Å²) in [6, 6.07) is 7.08. The van der Waals surface area contributed by atoms with Gasteiger partial charge in [-0.2, -0.15) is 0 Å². The summed E-state index contributed by atoms with van der Waals surface area (Å²) in [4.78, 5) is 11.1. The molecule has 0 fully saturated rings. The lowest BCUT2D eigenvalue weighted by molar-refractivity contribution is -0.137. The van der Waals surface area contributed by atoms with Crippen LogP contribution >= 0.6 is 23.4 Å². The van der Waals surface area contributed by atoms with Gasteiger partial charge in [-0.05, 0) is 24.3 Å². The van der Waals surface area contributed by atoms with Crippen LogP contribution in [0.1, 0.15) is 5.82 Å². The van der Waals surface area contributed by atoms with Crippen molar-refractivity contribution in [1.82, 2.24) is 14.8 Å². The zero-order chi connectivity index (χ0) is 15.2. The van der Waals surface area contributed by atoms with E-state index in [1.165, 1.54) is 18.9 Å². The Bertz CT molecular complexity index is 616. The fourth-order valence-electron chi connectivity index (χ4n) is 1.46. The van der Waals surface area contributed by atoms with Crippen molar-refractivity contribution in [2.75, 3.05) is 12.9 Å². The van der Waals surface area contributed by atoms with Crippen LogP contribution < -0.4 is 4.74 Å². The number of hydrogen-bond acceptors (Lipinski definition) is 6. The summed E-state index contributed by atoms with van der Waals surface area (Å²) in [6.45, 7) is 0.282. The fraction of sp³-hybridized carbons (Fsp3) is 0.308. The number of ether oxygens (including phenoxy) is 2. The van der Waals surface area contributed by atoms with Crippen LogP contribution in [0, 0.1) is 0 Å². The molecule has 0 saturated heterocycles. The highest BCUT2D eigenvalue weighted by Crippen LogP contribution is 2.19. The Morgan fingerprint density at radius 3 is 2.71 bits per heavy atom. The number of aromatic nitrogens is 3. The number of benzene rings is 1. The van der Waals surface area contributed by atoms with Gasteiger partial charge in [0.2, 0.25) is 0 Å². The van der Waals surface area contributed by atoms with Gasteiger partial charge in [-0.15, -0.1) is 10.2 Å². The minimum absolute atomic E-state index is 0.195. The monoisotopic (exact) mass is 327 g/mol. The SMILES string of the molecule is COC(=O)CSc1nnc(COc2ccc(Cl)cc2)n1C. The van der Waals surface area contributed by atoms with Crippen molar-refractivity contribution >= 4 is 29.3 Å². The third kappa shape index (κ3) is 4.37. The van der Waals surface area contributed by atoms with Gasteiger partial charge >= 0.3 is 5.97 Å². The van der Waals surface area contributed by atoms with Crippen LogP contribution in [0.3, 0.4) is 0 Å². The van der Waals surface area contributed by atoms with Crippen molar-refractivity contribution in [3.63, 3.8) is 0 Å². The maximum absolute atomic E-state index is 11.1. The summed E-state index contributed by atoms with van der Waals surface area (Å²) in [6.07, 6.45) is 0. The minimum atomic E-state index is -0.304. The van der Waals surface area contributed by atoms with Gasteiger partial charge in [0.15, 0.2) is 11.0 Å². The van der Waals surface area contributed by atoms with Gasteiger partial charge in [0.25, 0.3) is 0 Å². The van der Waals surface area contributed by atoms with Gasteiger partial charge in [-0.3, -0.25) is 4.79 Å². The predicted molar refractivity (Wildman–Crippen MR) is 79.5 cm³/mol. The predicted octanol–water partition coefficient (Wildman–Crippen LogP) is 2.31. The van der Waals surface area contributed by atoms with Crippen molar-refractivity contribution in [3.05, 3.63) is 35.1 Å². The first-order chi connectivity index (χ1) is 10.1. The molecule has 0 aliphatic heterocycles. The average Bonchev–Trinajstić information content (AvgIpc) is 2.85. The molecule has 112 valence electrons. The quantitative estimate of drug-likeness (QED) is 0.599. The second kappa shape index (κ2) is 7.33. The number of rotatable bonds is 6. The van der Waals surface area contributed by atoms with Gasteiger partial charge in [0.1, 0.15) is 12.4 Å². The molecule has 0 amide bonds. The highest BCUT2D eigenvalue weighted by atomic mass is 35.5. The summed E-state index contributed by atoms with van der Waals surface area (Å²) in [5.41, 5.74) is 0. The van der Waals surface area contributed by atoms with E-state index in [1.54, 1.807) is 28.8 Å². The van der Waals surface area contributed by atoms with Crippen molar-refractivity contribution in [3.8, 4) is 5.75 Å². The highest BCUT2D eigenvalue weighted by Gasteiger charge is 2.12. The van der Waals surface area contributed by atoms with E-state index in [-0.39, 0.29) is 18.3 Å². The van der Waals surface area contributed by atoms with Crippen LogP contribution in [0.25, 0.3) is 0 Å². The molecule has 0 atom stereocenters. The molecule has 0 N–H and O–H groups in total. The number of nitrogens with zero attached hydrogens (tertiary/aromatic N) is 3. The van der Waals surface area contributed by atoms with Crippen molar-refractivity contribution < 1.29 is 14.3 Å². The Labute approximate surface area is 131 Å². The van der Waals surface area contributed by atoms with E-state index in [0.29, 0.717) is 21.8 Å². The van der Waals surface area contributed by atoms with E-state index >= 15 is 0 Å². The third-order valence-corrected chi connectivity index (χ3v) is 3.90. The maximum Gasteiger partial charge on any atom is 0.316 e. The summed E-state index contributed by atoms with van der Waals surface area (Å²) >= 11 is 7.07. The first-order valence-corrected chi connectivity index (χ1v) is 7.42. The fourth-order valence-corrected chi connectivity index (χ4v) is 2.35. The zero-order valence-electron chi connectivity index (χ0n) is 11.6. The summed E-state index contributed by atoms with van der Waals surface area (Å²) < 4.78 is 12.0. The molecule has 0 spiro atoms. The first-order valence-electron chi connectivity index (χ1n) is 6.06. The van der Waals surface area contributed by atoms with Gasteiger partial charge in [-0.25, -0.2) is 0 Å².